The van der Waals surface area contributed by atoms with E-state index < -0.39 is 5.82 Å². The summed E-state index contributed by atoms with van der Waals surface area (Å²) in [7, 11) is 0. The maximum atomic E-state index is 13.7. The number of nitriles is 1. The van der Waals surface area contributed by atoms with Gasteiger partial charge in [-0.3, -0.25) is 0 Å². The number of hydrogen-bond acceptors (Lipinski definition) is 3. The Morgan fingerprint density at radius 1 is 1.29 bits per heavy atom. The van der Waals surface area contributed by atoms with Crippen molar-refractivity contribution in [3.63, 3.8) is 0 Å². The fourth-order valence-electron chi connectivity index (χ4n) is 1.42. The van der Waals surface area contributed by atoms with Gasteiger partial charge in [0.1, 0.15) is 17.6 Å². The number of halogens is 2. The van der Waals surface area contributed by atoms with E-state index in [0.29, 0.717) is 10.7 Å². The molecule has 0 bridgehead atoms. The zero-order valence-corrected chi connectivity index (χ0v) is 9.66. The van der Waals surface area contributed by atoms with Crippen LogP contribution in [0.3, 0.4) is 0 Å². The maximum Gasteiger partial charge on any atom is 0.163 e. The Bertz CT molecular complexity index is 620. The van der Waals surface area contributed by atoms with Crippen LogP contribution < -0.4 is 0 Å². The molecule has 3 nitrogen and oxygen atoms in total. The molecule has 0 saturated carbocycles. The smallest absolute Gasteiger partial charge is 0.163 e. The third kappa shape index (κ3) is 2.40. The molecule has 0 unspecified atom stereocenters. The number of aromatic nitrogens is 2. The molecular weight excluding hydrogens is 241 g/mol. The first-order chi connectivity index (χ1) is 8.10. The van der Waals surface area contributed by atoms with Gasteiger partial charge in [0.25, 0.3) is 0 Å². The predicted octanol–water partition coefficient (Wildman–Crippen LogP) is 3.12. The molecule has 0 aliphatic heterocycles. The van der Waals surface area contributed by atoms with E-state index in [0.717, 1.165) is 0 Å². The summed E-state index contributed by atoms with van der Waals surface area (Å²) in [5, 5.41) is 9.10. The van der Waals surface area contributed by atoms with E-state index in [1.54, 1.807) is 13.0 Å². The molecule has 0 radical (unpaired) electrons. The van der Waals surface area contributed by atoms with Crippen molar-refractivity contribution < 1.29 is 4.39 Å². The monoisotopic (exact) mass is 247 g/mol. The van der Waals surface area contributed by atoms with Gasteiger partial charge in [-0.1, -0.05) is 11.6 Å². The number of hydrogen-bond donors (Lipinski definition) is 0. The summed E-state index contributed by atoms with van der Waals surface area (Å²) in [5.74, 6) is -0.317. The van der Waals surface area contributed by atoms with E-state index in [4.69, 9.17) is 16.9 Å². The minimum atomic E-state index is -0.507. The fraction of sp³-hybridized carbons (Fsp3) is 0.0833. The van der Waals surface area contributed by atoms with Gasteiger partial charge in [0.15, 0.2) is 5.82 Å². The first kappa shape index (κ1) is 11.5. The summed E-state index contributed by atoms with van der Waals surface area (Å²) in [6, 6.07) is 7.68. The van der Waals surface area contributed by atoms with Gasteiger partial charge in [0.05, 0.1) is 5.56 Å². The zero-order chi connectivity index (χ0) is 12.4. The molecule has 1 aromatic carbocycles. The van der Waals surface area contributed by atoms with Crippen LogP contribution in [0.2, 0.25) is 5.02 Å². The van der Waals surface area contributed by atoms with Gasteiger partial charge in [0.2, 0.25) is 0 Å². The van der Waals surface area contributed by atoms with Crippen LogP contribution in [0.15, 0.2) is 24.3 Å². The number of nitrogens with zero attached hydrogens (tertiary/aromatic N) is 3. The molecule has 0 atom stereocenters. The average Bonchev–Trinajstić information content (AvgIpc) is 2.28. The van der Waals surface area contributed by atoms with Crippen molar-refractivity contribution >= 4 is 11.6 Å². The Kier molecular flexibility index (Phi) is 3.03. The van der Waals surface area contributed by atoms with Crippen molar-refractivity contribution in [3.05, 3.63) is 46.5 Å². The van der Waals surface area contributed by atoms with E-state index in [1.807, 2.05) is 6.07 Å². The topological polar surface area (TPSA) is 49.6 Å². The van der Waals surface area contributed by atoms with E-state index in [1.165, 1.54) is 18.2 Å². The zero-order valence-electron chi connectivity index (χ0n) is 8.91. The predicted molar refractivity (Wildman–Crippen MR) is 61.9 cm³/mol. The van der Waals surface area contributed by atoms with Crippen LogP contribution in [0, 0.1) is 24.1 Å². The van der Waals surface area contributed by atoms with Crippen LogP contribution in [0.1, 0.15) is 11.4 Å². The summed E-state index contributed by atoms with van der Waals surface area (Å²) < 4.78 is 13.7. The van der Waals surface area contributed by atoms with Crippen molar-refractivity contribution in [2.24, 2.45) is 0 Å². The Labute approximate surface area is 103 Å². The number of benzene rings is 1. The van der Waals surface area contributed by atoms with Crippen molar-refractivity contribution in [2.75, 3.05) is 0 Å². The average molecular weight is 248 g/mol. The largest absolute Gasteiger partial charge is 0.233 e. The van der Waals surface area contributed by atoms with Gasteiger partial charge in [-0.15, -0.1) is 0 Å². The molecule has 84 valence electrons. The molecule has 1 heterocycles. The number of aryl methyl sites for hydroxylation is 1. The normalized spacial score (nSPS) is 10.0. The second kappa shape index (κ2) is 4.48. The Hall–Kier alpha value is -1.99. The van der Waals surface area contributed by atoms with E-state index in [-0.39, 0.29) is 17.1 Å². The minimum Gasteiger partial charge on any atom is -0.233 e. The summed E-state index contributed by atoms with van der Waals surface area (Å²) >= 11 is 5.66. The molecule has 0 saturated heterocycles. The SMILES string of the molecule is Cc1cc(C#N)nc(-c2ccc(Cl)cc2F)n1. The lowest BCUT2D eigenvalue weighted by molar-refractivity contribution is 0.630. The van der Waals surface area contributed by atoms with Crippen molar-refractivity contribution in [1.29, 1.82) is 5.26 Å². The second-order valence-corrected chi connectivity index (χ2v) is 3.89. The van der Waals surface area contributed by atoms with Gasteiger partial charge >= 0.3 is 0 Å². The van der Waals surface area contributed by atoms with Gasteiger partial charge in [-0.2, -0.15) is 5.26 Å². The highest BCUT2D eigenvalue weighted by Gasteiger charge is 2.10. The van der Waals surface area contributed by atoms with Crippen LogP contribution in [0.5, 0.6) is 0 Å². The van der Waals surface area contributed by atoms with Crippen molar-refractivity contribution in [3.8, 4) is 17.5 Å². The van der Waals surface area contributed by atoms with Gasteiger partial charge in [-0.25, -0.2) is 14.4 Å². The highest BCUT2D eigenvalue weighted by molar-refractivity contribution is 6.30. The van der Waals surface area contributed by atoms with Crippen LogP contribution in [-0.4, -0.2) is 9.97 Å². The highest BCUT2D eigenvalue weighted by atomic mass is 35.5. The second-order valence-electron chi connectivity index (χ2n) is 3.45. The molecule has 0 N–H and O–H groups in total. The number of rotatable bonds is 1. The summed E-state index contributed by atoms with van der Waals surface area (Å²) in [6.45, 7) is 1.72. The molecule has 0 aliphatic rings. The third-order valence-electron chi connectivity index (χ3n) is 2.14. The summed E-state index contributed by atoms with van der Waals surface area (Å²) in [6.07, 6.45) is 0. The van der Waals surface area contributed by atoms with Gasteiger partial charge in [0, 0.05) is 10.7 Å². The molecule has 0 fully saturated rings. The first-order valence-corrected chi connectivity index (χ1v) is 5.19. The summed E-state index contributed by atoms with van der Waals surface area (Å²) in [4.78, 5) is 8.05. The lowest BCUT2D eigenvalue weighted by Crippen LogP contribution is -1.96. The third-order valence-corrected chi connectivity index (χ3v) is 2.38. The molecule has 2 aromatic rings. The lowest BCUT2D eigenvalue weighted by atomic mass is 10.2. The molecule has 5 heteroatoms. The minimum absolute atomic E-state index is 0.190. The van der Waals surface area contributed by atoms with E-state index in [2.05, 4.69) is 9.97 Å². The Morgan fingerprint density at radius 2 is 2.06 bits per heavy atom. The Morgan fingerprint density at radius 3 is 2.71 bits per heavy atom. The van der Waals surface area contributed by atoms with Crippen LogP contribution in [0.25, 0.3) is 11.4 Å². The van der Waals surface area contributed by atoms with Gasteiger partial charge in [-0.05, 0) is 31.2 Å². The van der Waals surface area contributed by atoms with Crippen LogP contribution in [-0.2, 0) is 0 Å². The van der Waals surface area contributed by atoms with Crippen LogP contribution in [0.4, 0.5) is 4.39 Å². The first-order valence-electron chi connectivity index (χ1n) is 4.81. The van der Waals surface area contributed by atoms with Crippen molar-refractivity contribution in [1.82, 2.24) is 9.97 Å². The molecule has 0 aliphatic carbocycles. The molecule has 0 amide bonds. The quantitative estimate of drug-likeness (QED) is 0.778. The van der Waals surface area contributed by atoms with Crippen molar-refractivity contribution in [2.45, 2.75) is 6.92 Å². The molecule has 1 aromatic heterocycles. The molecule has 0 spiro atoms. The molecule has 2 rings (SSSR count). The summed E-state index contributed by atoms with van der Waals surface area (Å²) in [5.41, 5.74) is 1.05. The molecule has 17 heavy (non-hydrogen) atoms. The Balaban J connectivity index is 2.61. The highest BCUT2D eigenvalue weighted by Crippen LogP contribution is 2.22. The molecular formula is C12H7ClFN3. The van der Waals surface area contributed by atoms with Crippen LogP contribution >= 0.6 is 11.6 Å². The lowest BCUT2D eigenvalue weighted by Gasteiger charge is -2.03. The van der Waals surface area contributed by atoms with E-state index >= 15 is 0 Å². The fourth-order valence-corrected chi connectivity index (χ4v) is 1.58. The van der Waals surface area contributed by atoms with E-state index in [9.17, 15) is 4.39 Å². The maximum absolute atomic E-state index is 13.7. The van der Waals surface area contributed by atoms with Gasteiger partial charge < -0.3 is 0 Å². The standard InChI is InChI=1S/C12H7ClFN3/c1-7-4-9(6-15)17-12(16-7)10-3-2-8(13)5-11(10)14/h2-5H,1H3.